The number of nitrogens with zero attached hydrogens (tertiary/aromatic N) is 2. The molecule has 2 heterocycles. The minimum atomic E-state index is 0.0365. The van der Waals surface area contributed by atoms with Gasteiger partial charge in [-0.05, 0) is 43.2 Å². The van der Waals surface area contributed by atoms with E-state index in [2.05, 4.69) is 11.9 Å². The van der Waals surface area contributed by atoms with E-state index in [0.29, 0.717) is 6.61 Å². The zero-order valence-corrected chi connectivity index (χ0v) is 14.2. The van der Waals surface area contributed by atoms with Crippen LogP contribution in [0.1, 0.15) is 30.8 Å². The van der Waals surface area contributed by atoms with E-state index >= 15 is 0 Å². The SMILES string of the molecule is C[C@@H]1CCc2nc(-c3ccc(OCc4ccccc4)cc3)cc(=O)n21. The van der Waals surface area contributed by atoms with Crippen LogP contribution in [0.3, 0.4) is 0 Å². The normalized spacial score (nSPS) is 15.8. The number of benzene rings is 2. The number of hydrogen-bond acceptors (Lipinski definition) is 3. The van der Waals surface area contributed by atoms with Crippen LogP contribution in [0.25, 0.3) is 11.3 Å². The predicted octanol–water partition coefficient (Wildman–Crippen LogP) is 4.00. The van der Waals surface area contributed by atoms with Crippen LogP contribution in [0, 0.1) is 0 Å². The van der Waals surface area contributed by atoms with E-state index in [9.17, 15) is 4.79 Å². The van der Waals surface area contributed by atoms with Gasteiger partial charge in [-0.25, -0.2) is 4.98 Å². The standard InChI is InChI=1S/C21H20N2O2/c1-15-7-12-20-22-19(13-21(24)23(15)20)17-8-10-18(11-9-17)25-14-16-5-3-2-4-6-16/h2-6,8-11,13,15H,7,12,14H2,1H3/t15-/m1/s1. The second kappa shape index (κ2) is 6.55. The molecule has 1 atom stereocenters. The molecule has 4 nitrogen and oxygen atoms in total. The molecule has 0 radical (unpaired) electrons. The first-order valence-corrected chi connectivity index (χ1v) is 8.60. The Kier molecular flexibility index (Phi) is 4.10. The van der Waals surface area contributed by atoms with Crippen molar-refractivity contribution in [2.45, 2.75) is 32.4 Å². The first kappa shape index (κ1) is 15.6. The van der Waals surface area contributed by atoms with E-state index in [4.69, 9.17) is 4.74 Å². The minimum Gasteiger partial charge on any atom is -0.489 e. The Morgan fingerprint density at radius 1 is 1.12 bits per heavy atom. The van der Waals surface area contributed by atoms with Crippen LogP contribution in [-0.2, 0) is 13.0 Å². The fraction of sp³-hybridized carbons (Fsp3) is 0.238. The maximum atomic E-state index is 12.3. The van der Waals surface area contributed by atoms with Crippen LogP contribution in [0.2, 0.25) is 0 Å². The van der Waals surface area contributed by atoms with Gasteiger partial charge in [0, 0.05) is 24.1 Å². The number of ether oxygens (including phenoxy) is 1. The molecule has 0 amide bonds. The lowest BCUT2D eigenvalue weighted by molar-refractivity contribution is 0.306. The molecule has 0 bridgehead atoms. The fourth-order valence-electron chi connectivity index (χ4n) is 3.26. The Hall–Kier alpha value is -2.88. The number of rotatable bonds is 4. The molecule has 1 aliphatic heterocycles. The number of aromatic nitrogens is 2. The second-order valence-corrected chi connectivity index (χ2v) is 6.45. The van der Waals surface area contributed by atoms with Gasteiger partial charge in [-0.15, -0.1) is 0 Å². The van der Waals surface area contributed by atoms with Crippen LogP contribution >= 0.6 is 0 Å². The lowest BCUT2D eigenvalue weighted by Crippen LogP contribution is -2.22. The van der Waals surface area contributed by atoms with Gasteiger partial charge in [0.2, 0.25) is 0 Å². The van der Waals surface area contributed by atoms with Crippen molar-refractivity contribution < 1.29 is 4.74 Å². The van der Waals surface area contributed by atoms with Crippen molar-refractivity contribution >= 4 is 0 Å². The molecule has 1 aliphatic rings. The van der Waals surface area contributed by atoms with Crippen molar-refractivity contribution in [3.63, 3.8) is 0 Å². The molecule has 0 saturated heterocycles. The van der Waals surface area contributed by atoms with Gasteiger partial charge in [-0.3, -0.25) is 9.36 Å². The predicted molar refractivity (Wildman–Crippen MR) is 97.7 cm³/mol. The summed E-state index contributed by atoms with van der Waals surface area (Å²) in [6, 6.07) is 19.7. The number of aryl methyl sites for hydroxylation is 1. The molecule has 0 saturated carbocycles. The molecule has 0 fully saturated rings. The Morgan fingerprint density at radius 2 is 1.88 bits per heavy atom. The molecule has 3 aromatic rings. The molecule has 25 heavy (non-hydrogen) atoms. The van der Waals surface area contributed by atoms with Gasteiger partial charge in [0.25, 0.3) is 5.56 Å². The highest BCUT2D eigenvalue weighted by molar-refractivity contribution is 5.59. The molecule has 126 valence electrons. The third-order valence-electron chi connectivity index (χ3n) is 4.65. The van der Waals surface area contributed by atoms with Gasteiger partial charge in [0.05, 0.1) is 5.69 Å². The van der Waals surface area contributed by atoms with Crippen molar-refractivity contribution in [2.75, 3.05) is 0 Å². The lowest BCUT2D eigenvalue weighted by Gasteiger charge is -2.10. The molecule has 2 aromatic carbocycles. The molecule has 1 aromatic heterocycles. The summed E-state index contributed by atoms with van der Waals surface area (Å²) in [5, 5.41) is 0. The Morgan fingerprint density at radius 3 is 2.64 bits per heavy atom. The average molecular weight is 332 g/mol. The smallest absolute Gasteiger partial charge is 0.254 e. The number of hydrogen-bond donors (Lipinski definition) is 0. The third-order valence-corrected chi connectivity index (χ3v) is 4.65. The molecule has 0 unspecified atom stereocenters. The van der Waals surface area contributed by atoms with Crippen LogP contribution in [0.15, 0.2) is 65.5 Å². The number of fused-ring (bicyclic) bond motifs is 1. The van der Waals surface area contributed by atoms with Crippen LogP contribution in [0.5, 0.6) is 5.75 Å². The summed E-state index contributed by atoms with van der Waals surface area (Å²) in [6.07, 6.45) is 1.85. The van der Waals surface area contributed by atoms with Crippen molar-refractivity contribution in [3.8, 4) is 17.0 Å². The maximum Gasteiger partial charge on any atom is 0.254 e. The van der Waals surface area contributed by atoms with Gasteiger partial charge in [-0.1, -0.05) is 30.3 Å². The summed E-state index contributed by atoms with van der Waals surface area (Å²) >= 11 is 0. The van der Waals surface area contributed by atoms with E-state index in [1.807, 2.05) is 54.6 Å². The van der Waals surface area contributed by atoms with E-state index < -0.39 is 0 Å². The maximum absolute atomic E-state index is 12.3. The highest BCUT2D eigenvalue weighted by Crippen LogP contribution is 2.25. The second-order valence-electron chi connectivity index (χ2n) is 6.45. The first-order chi connectivity index (χ1) is 12.2. The molecule has 0 spiro atoms. The largest absolute Gasteiger partial charge is 0.489 e. The van der Waals surface area contributed by atoms with Crippen molar-refractivity contribution in [1.29, 1.82) is 0 Å². The van der Waals surface area contributed by atoms with E-state index in [1.165, 1.54) is 0 Å². The van der Waals surface area contributed by atoms with E-state index in [0.717, 1.165) is 41.2 Å². The topological polar surface area (TPSA) is 44.1 Å². The third kappa shape index (κ3) is 3.20. The average Bonchev–Trinajstić information content (AvgIpc) is 3.03. The molecule has 4 heteroatoms. The summed E-state index contributed by atoms with van der Waals surface area (Å²) in [4.78, 5) is 17.0. The van der Waals surface area contributed by atoms with Crippen molar-refractivity contribution in [1.82, 2.24) is 9.55 Å². The first-order valence-electron chi connectivity index (χ1n) is 8.60. The van der Waals surface area contributed by atoms with Gasteiger partial charge in [0.15, 0.2) is 0 Å². The molecule has 0 N–H and O–H groups in total. The van der Waals surface area contributed by atoms with Gasteiger partial charge >= 0.3 is 0 Å². The monoisotopic (exact) mass is 332 g/mol. The van der Waals surface area contributed by atoms with Gasteiger partial charge < -0.3 is 4.74 Å². The highest BCUT2D eigenvalue weighted by atomic mass is 16.5. The van der Waals surface area contributed by atoms with Crippen LogP contribution in [0.4, 0.5) is 0 Å². The van der Waals surface area contributed by atoms with E-state index in [1.54, 1.807) is 10.6 Å². The lowest BCUT2D eigenvalue weighted by atomic mass is 10.1. The highest BCUT2D eigenvalue weighted by Gasteiger charge is 2.21. The molecule has 4 rings (SSSR count). The Labute approximate surface area is 146 Å². The zero-order valence-electron chi connectivity index (χ0n) is 14.2. The summed E-state index contributed by atoms with van der Waals surface area (Å²) in [5.41, 5.74) is 2.84. The quantitative estimate of drug-likeness (QED) is 0.725. The Balaban J connectivity index is 1.53. The van der Waals surface area contributed by atoms with Crippen molar-refractivity contribution in [3.05, 3.63) is 82.4 Å². The summed E-state index contributed by atoms with van der Waals surface area (Å²) in [7, 11) is 0. The summed E-state index contributed by atoms with van der Waals surface area (Å²) < 4.78 is 7.61. The van der Waals surface area contributed by atoms with E-state index in [-0.39, 0.29) is 11.6 Å². The van der Waals surface area contributed by atoms with Crippen molar-refractivity contribution in [2.24, 2.45) is 0 Å². The molecular formula is C21H20N2O2. The van der Waals surface area contributed by atoms with Gasteiger partial charge in [0.1, 0.15) is 18.2 Å². The van der Waals surface area contributed by atoms with Gasteiger partial charge in [-0.2, -0.15) is 0 Å². The van der Waals surface area contributed by atoms with Crippen LogP contribution < -0.4 is 10.3 Å². The zero-order chi connectivity index (χ0) is 17.2. The summed E-state index contributed by atoms with van der Waals surface area (Å²) in [6.45, 7) is 2.61. The summed E-state index contributed by atoms with van der Waals surface area (Å²) in [5.74, 6) is 1.69. The minimum absolute atomic E-state index is 0.0365. The molecule has 0 aliphatic carbocycles. The van der Waals surface area contributed by atoms with Crippen LogP contribution in [-0.4, -0.2) is 9.55 Å². The Bertz CT molecular complexity index is 930. The fourth-order valence-corrected chi connectivity index (χ4v) is 3.26. The molecular weight excluding hydrogens is 312 g/mol.